The molecule has 0 aromatic heterocycles. The minimum Gasteiger partial charge on any atom is -0.478 e. The maximum atomic E-state index is 15.0. The van der Waals surface area contributed by atoms with E-state index in [-0.39, 0.29) is 11.3 Å². The van der Waals surface area contributed by atoms with Crippen molar-refractivity contribution < 1.29 is 23.1 Å². The Morgan fingerprint density at radius 3 is 2.45 bits per heavy atom. The lowest BCUT2D eigenvalue weighted by Gasteiger charge is -2.42. The Hall–Kier alpha value is -2.04. The van der Waals surface area contributed by atoms with Crippen LogP contribution in [0.4, 0.5) is 13.2 Å². The van der Waals surface area contributed by atoms with E-state index in [0.29, 0.717) is 17.4 Å². The summed E-state index contributed by atoms with van der Waals surface area (Å²) >= 11 is 0. The van der Waals surface area contributed by atoms with Gasteiger partial charge >= 0.3 is 5.97 Å². The van der Waals surface area contributed by atoms with Crippen LogP contribution in [0.5, 0.6) is 0 Å². The number of aromatic carboxylic acids is 1. The van der Waals surface area contributed by atoms with Crippen LogP contribution in [0, 0.1) is 35.2 Å². The number of fused-ring (bicyclic) bond motifs is 2. The van der Waals surface area contributed by atoms with Gasteiger partial charge in [0.15, 0.2) is 11.6 Å². The highest BCUT2D eigenvalue weighted by Gasteiger charge is 2.37. The van der Waals surface area contributed by atoms with Crippen molar-refractivity contribution in [2.45, 2.75) is 77.0 Å². The summed E-state index contributed by atoms with van der Waals surface area (Å²) in [5.41, 5.74) is -0.328. The van der Waals surface area contributed by atoms with Gasteiger partial charge in [0.05, 0.1) is 10.9 Å². The number of rotatable bonds is 6. The zero-order valence-electron chi connectivity index (χ0n) is 18.1. The van der Waals surface area contributed by atoms with Crippen LogP contribution < -0.4 is 0 Å². The number of carboxylic acid groups (broad SMARTS) is 1. The molecule has 0 heterocycles. The molecular weight excluding hydrogens is 401 g/mol. The molecule has 0 aliphatic heterocycles. The molecule has 2 aromatic rings. The first kappa shape index (κ1) is 22.2. The number of benzene rings is 2. The first-order valence-corrected chi connectivity index (χ1v) is 11.7. The number of carboxylic acids is 1. The second-order valence-corrected chi connectivity index (χ2v) is 9.63. The fraction of sp³-hybridized carbons (Fsp3) is 0.577. The van der Waals surface area contributed by atoms with E-state index in [4.69, 9.17) is 5.11 Å². The molecule has 4 rings (SSSR count). The topological polar surface area (TPSA) is 37.3 Å². The monoisotopic (exact) mass is 432 g/mol. The predicted octanol–water partition coefficient (Wildman–Crippen LogP) is 7.84. The van der Waals surface area contributed by atoms with Crippen molar-refractivity contribution in [3.63, 3.8) is 0 Å². The quantitative estimate of drug-likeness (QED) is 0.472. The lowest BCUT2D eigenvalue weighted by Crippen LogP contribution is -2.30. The van der Waals surface area contributed by atoms with E-state index in [2.05, 4.69) is 6.92 Å². The van der Waals surface area contributed by atoms with Crippen molar-refractivity contribution in [1.82, 2.24) is 0 Å². The van der Waals surface area contributed by atoms with Gasteiger partial charge in [0.2, 0.25) is 0 Å². The van der Waals surface area contributed by atoms with Crippen molar-refractivity contribution in [2.75, 3.05) is 0 Å². The second kappa shape index (κ2) is 9.22. The SMILES string of the molecule is CCCCCC1CCC2CC(c3cc4ccc(C(=O)O)c(F)c4c(F)c3F)CCC2C1. The lowest BCUT2D eigenvalue weighted by atomic mass is 9.63. The Kier molecular flexibility index (Phi) is 6.59. The third-order valence-electron chi connectivity index (χ3n) is 7.76. The van der Waals surface area contributed by atoms with Gasteiger partial charge in [-0.1, -0.05) is 45.1 Å². The van der Waals surface area contributed by atoms with Crippen molar-refractivity contribution in [3.05, 3.63) is 46.8 Å². The molecule has 4 atom stereocenters. The number of carbonyl (C=O) groups is 1. The van der Waals surface area contributed by atoms with E-state index in [1.54, 1.807) is 0 Å². The van der Waals surface area contributed by atoms with Crippen molar-refractivity contribution in [1.29, 1.82) is 0 Å². The fourth-order valence-corrected chi connectivity index (χ4v) is 6.08. The van der Waals surface area contributed by atoms with Gasteiger partial charge in [-0.2, -0.15) is 0 Å². The third-order valence-corrected chi connectivity index (χ3v) is 7.76. The highest BCUT2D eigenvalue weighted by molar-refractivity contribution is 5.95. The van der Waals surface area contributed by atoms with E-state index in [1.807, 2.05) is 0 Å². The largest absolute Gasteiger partial charge is 0.478 e. The van der Waals surface area contributed by atoms with Gasteiger partial charge in [-0.3, -0.25) is 0 Å². The average Bonchev–Trinajstić information content (AvgIpc) is 2.75. The van der Waals surface area contributed by atoms with E-state index in [9.17, 15) is 18.0 Å². The van der Waals surface area contributed by atoms with E-state index in [0.717, 1.165) is 37.7 Å². The number of unbranched alkanes of at least 4 members (excludes halogenated alkanes) is 2. The van der Waals surface area contributed by atoms with Crippen LogP contribution in [0.3, 0.4) is 0 Å². The average molecular weight is 433 g/mol. The molecule has 2 aliphatic rings. The summed E-state index contributed by atoms with van der Waals surface area (Å²) in [6.07, 6.45) is 11.5. The Labute approximate surface area is 181 Å². The van der Waals surface area contributed by atoms with E-state index >= 15 is 0 Å². The maximum Gasteiger partial charge on any atom is 0.338 e. The van der Waals surface area contributed by atoms with Gasteiger partial charge in [-0.25, -0.2) is 18.0 Å². The van der Waals surface area contributed by atoms with Gasteiger partial charge in [0, 0.05) is 0 Å². The molecule has 0 radical (unpaired) electrons. The van der Waals surface area contributed by atoms with Gasteiger partial charge < -0.3 is 5.11 Å². The summed E-state index contributed by atoms with van der Waals surface area (Å²) in [4.78, 5) is 11.2. The van der Waals surface area contributed by atoms with Crippen LogP contribution in [0.1, 0.15) is 93.0 Å². The van der Waals surface area contributed by atoms with Crippen LogP contribution in [0.15, 0.2) is 18.2 Å². The molecule has 2 fully saturated rings. The third kappa shape index (κ3) is 4.33. The molecule has 5 heteroatoms. The fourth-order valence-electron chi connectivity index (χ4n) is 6.08. The minimum atomic E-state index is -1.49. The van der Waals surface area contributed by atoms with Crippen molar-refractivity contribution in [3.8, 4) is 0 Å². The van der Waals surface area contributed by atoms with E-state index in [1.165, 1.54) is 50.7 Å². The van der Waals surface area contributed by atoms with Crippen molar-refractivity contribution in [2.24, 2.45) is 17.8 Å². The molecule has 0 bridgehead atoms. The molecule has 2 saturated carbocycles. The van der Waals surface area contributed by atoms with Crippen LogP contribution in [-0.4, -0.2) is 11.1 Å². The first-order chi connectivity index (χ1) is 14.9. The second-order valence-electron chi connectivity index (χ2n) is 9.63. The maximum absolute atomic E-state index is 15.0. The zero-order valence-corrected chi connectivity index (χ0v) is 18.1. The van der Waals surface area contributed by atoms with E-state index < -0.39 is 34.4 Å². The zero-order chi connectivity index (χ0) is 22.1. The molecule has 2 aliphatic carbocycles. The normalized spacial score (nSPS) is 26.1. The van der Waals surface area contributed by atoms with Crippen LogP contribution in [0.25, 0.3) is 10.8 Å². The first-order valence-electron chi connectivity index (χ1n) is 11.7. The van der Waals surface area contributed by atoms with Gasteiger partial charge in [-0.15, -0.1) is 0 Å². The summed E-state index contributed by atoms with van der Waals surface area (Å²) in [5, 5.41) is 8.73. The summed E-state index contributed by atoms with van der Waals surface area (Å²) in [6, 6.07) is 4.03. The smallest absolute Gasteiger partial charge is 0.338 e. The Bertz CT molecular complexity index is 971. The molecule has 31 heavy (non-hydrogen) atoms. The van der Waals surface area contributed by atoms with Crippen LogP contribution in [-0.2, 0) is 0 Å². The standard InChI is InChI=1S/C26H31F3O2/c1-2-3-4-5-15-6-7-17-13-18(9-8-16(17)12-15)21-14-19-10-11-20(26(30)31)23(27)22(19)25(29)24(21)28/h10-11,14-18H,2-9,12-13H2,1H3,(H,30,31). The van der Waals surface area contributed by atoms with Gasteiger partial charge in [0.1, 0.15) is 5.82 Å². The minimum absolute atomic E-state index is 0.0704. The summed E-state index contributed by atoms with van der Waals surface area (Å²) in [5.74, 6) is -3.03. The van der Waals surface area contributed by atoms with Crippen molar-refractivity contribution >= 4 is 16.7 Å². The summed E-state index contributed by atoms with van der Waals surface area (Å²) in [6.45, 7) is 2.23. The Morgan fingerprint density at radius 2 is 1.71 bits per heavy atom. The predicted molar refractivity (Wildman–Crippen MR) is 116 cm³/mol. The Balaban J connectivity index is 1.53. The highest BCUT2D eigenvalue weighted by atomic mass is 19.2. The summed E-state index contributed by atoms with van der Waals surface area (Å²) < 4.78 is 44.4. The molecule has 0 spiro atoms. The molecule has 0 amide bonds. The number of hydrogen-bond acceptors (Lipinski definition) is 1. The molecule has 4 unspecified atom stereocenters. The molecular formula is C26H31F3O2. The summed E-state index contributed by atoms with van der Waals surface area (Å²) in [7, 11) is 0. The number of halogens is 3. The highest BCUT2D eigenvalue weighted by Crippen LogP contribution is 2.49. The molecule has 168 valence electrons. The van der Waals surface area contributed by atoms with Crippen LogP contribution in [0.2, 0.25) is 0 Å². The molecule has 2 aromatic carbocycles. The molecule has 0 saturated heterocycles. The lowest BCUT2D eigenvalue weighted by molar-refractivity contribution is 0.0692. The van der Waals surface area contributed by atoms with Crippen LogP contribution >= 0.6 is 0 Å². The molecule has 1 N–H and O–H groups in total. The molecule has 2 nitrogen and oxygen atoms in total. The van der Waals surface area contributed by atoms with Gasteiger partial charge in [-0.05, 0) is 78.9 Å². The van der Waals surface area contributed by atoms with Gasteiger partial charge in [0.25, 0.3) is 0 Å². The Morgan fingerprint density at radius 1 is 0.968 bits per heavy atom. The number of hydrogen-bond donors (Lipinski definition) is 1.